The topological polar surface area (TPSA) is 82.1 Å². The maximum Gasteiger partial charge on any atom is 0.294 e. The Morgan fingerprint density at radius 2 is 0.720 bits per heavy atom. The van der Waals surface area contributed by atoms with Crippen molar-refractivity contribution in [2.75, 3.05) is 19.8 Å². The quantitative estimate of drug-likeness (QED) is 0.0483. The first kappa shape index (κ1) is 70.2. The largest absolute Gasteiger partial charge is 0.495 e. The zero-order valence-corrected chi connectivity index (χ0v) is 51.8. The van der Waals surface area contributed by atoms with E-state index in [4.69, 9.17) is 14.2 Å². The highest BCUT2D eigenvalue weighted by atomic mass is 32.2. The van der Waals surface area contributed by atoms with Crippen LogP contribution >= 0.6 is 0 Å². The average molecular weight is 1080 g/mol. The van der Waals surface area contributed by atoms with Gasteiger partial charge in [0, 0.05) is 19.3 Å². The Bertz CT molecular complexity index is 1420. The molecule has 0 bridgehead atoms. The molecule has 7 heteroatoms. The van der Waals surface area contributed by atoms with Gasteiger partial charge < -0.3 is 14.2 Å². The zero-order chi connectivity index (χ0) is 54.0. The first-order chi connectivity index (χ1) is 36.8. The Balaban J connectivity index is 1.98. The lowest BCUT2D eigenvalue weighted by Gasteiger charge is -2.43. The number of unbranched alkanes of at least 4 members (excludes halogenated alkanes) is 45. The monoisotopic (exact) mass is 1070 g/mol. The molecule has 0 aliphatic heterocycles. The maximum atomic E-state index is 13.4. The lowest BCUT2D eigenvalue weighted by Crippen LogP contribution is -2.50. The van der Waals surface area contributed by atoms with Gasteiger partial charge in [0.1, 0.15) is 11.9 Å². The first-order valence-electron chi connectivity index (χ1n) is 34.1. The van der Waals surface area contributed by atoms with Gasteiger partial charge in [-0.2, -0.15) is 8.42 Å². The van der Waals surface area contributed by atoms with E-state index in [0.29, 0.717) is 43.5 Å². The highest BCUT2D eigenvalue weighted by molar-refractivity contribution is 7.90. The van der Waals surface area contributed by atoms with Crippen LogP contribution in [0.1, 0.15) is 374 Å². The molecule has 444 valence electrons. The molecule has 0 heterocycles. The Kier molecular flexibility index (Phi) is 46.9. The summed E-state index contributed by atoms with van der Waals surface area (Å²) < 4.78 is 58.5. The van der Waals surface area contributed by atoms with Crippen molar-refractivity contribution >= 4 is 10.1 Å². The predicted molar refractivity (Wildman–Crippen MR) is 327 cm³/mol. The molecule has 0 saturated heterocycles. The molecular weight excluding hydrogens is 945 g/mol. The van der Waals surface area contributed by atoms with E-state index in [-0.39, 0.29) is 4.91 Å². The number of allylic oxidation sites excluding steroid dienone is 1. The predicted octanol–water partition coefficient (Wildman–Crippen LogP) is 23.0. The van der Waals surface area contributed by atoms with Gasteiger partial charge >= 0.3 is 0 Å². The summed E-state index contributed by atoms with van der Waals surface area (Å²) in [7, 11) is -4.53. The van der Waals surface area contributed by atoms with Gasteiger partial charge in [-0.3, -0.25) is 4.55 Å². The zero-order valence-electron chi connectivity index (χ0n) is 50.9. The first-order valence-corrected chi connectivity index (χ1v) is 35.5. The van der Waals surface area contributed by atoms with E-state index in [2.05, 4.69) is 27.7 Å². The Morgan fingerprint density at radius 3 is 1.04 bits per heavy atom. The van der Waals surface area contributed by atoms with E-state index in [9.17, 15) is 13.0 Å². The second-order valence-corrected chi connectivity index (χ2v) is 25.9. The van der Waals surface area contributed by atoms with Crippen LogP contribution in [0, 0.1) is 5.92 Å². The molecule has 75 heavy (non-hydrogen) atoms. The van der Waals surface area contributed by atoms with Gasteiger partial charge in [0.2, 0.25) is 0 Å². The van der Waals surface area contributed by atoms with Crippen LogP contribution in [0.25, 0.3) is 0 Å². The summed E-state index contributed by atoms with van der Waals surface area (Å²) in [5.74, 6) is 0.884. The van der Waals surface area contributed by atoms with Gasteiger partial charge in [-0.05, 0) is 44.1 Å². The summed E-state index contributed by atoms with van der Waals surface area (Å²) in [6.45, 7) is 10.6. The third-order valence-corrected chi connectivity index (χ3v) is 18.3. The summed E-state index contributed by atoms with van der Waals surface area (Å²) >= 11 is 0. The summed E-state index contributed by atoms with van der Waals surface area (Å²) in [5, 5.41) is 0. The molecule has 0 amide bonds. The van der Waals surface area contributed by atoms with E-state index < -0.39 is 21.8 Å². The smallest absolute Gasteiger partial charge is 0.294 e. The van der Waals surface area contributed by atoms with Gasteiger partial charge in [-0.15, -0.1) is 0 Å². The van der Waals surface area contributed by atoms with Crippen molar-refractivity contribution in [1.82, 2.24) is 0 Å². The van der Waals surface area contributed by atoms with E-state index >= 15 is 0 Å². The van der Waals surface area contributed by atoms with E-state index in [0.717, 1.165) is 51.4 Å². The third-order valence-electron chi connectivity index (χ3n) is 17.3. The minimum atomic E-state index is -4.53. The van der Waals surface area contributed by atoms with Gasteiger partial charge in [-0.1, -0.05) is 342 Å². The van der Waals surface area contributed by atoms with Crippen molar-refractivity contribution in [3.05, 3.63) is 22.3 Å². The molecule has 2 rings (SSSR count). The van der Waals surface area contributed by atoms with Crippen LogP contribution in [0.15, 0.2) is 22.3 Å². The molecule has 1 N–H and O–H groups in total. The van der Waals surface area contributed by atoms with Crippen molar-refractivity contribution < 1.29 is 27.2 Å². The Hall–Kier alpha value is -0.890. The molecule has 0 aromatic carbocycles. The van der Waals surface area contributed by atoms with E-state index in [1.165, 1.54) is 289 Å². The van der Waals surface area contributed by atoms with Gasteiger partial charge in [0.05, 0.1) is 11.5 Å². The second-order valence-electron chi connectivity index (χ2n) is 24.5. The van der Waals surface area contributed by atoms with Crippen LogP contribution in [0.4, 0.5) is 0 Å². The number of hydrogen-bond acceptors (Lipinski definition) is 5. The Labute approximate surface area is 469 Å². The molecule has 1 saturated carbocycles. The van der Waals surface area contributed by atoms with Crippen molar-refractivity contribution in [2.45, 2.75) is 386 Å². The average Bonchev–Trinajstić information content (AvgIpc) is 3.40. The SMILES string of the molecule is CCCCCCCCCCCCCCCCCCOC1=CC(S(=O)(=O)O)=C(CC2CCCCC2)C(OCCCCCCCCCCCCCCCCCC)C1(C)OCCCCCCCCCCCCCCCCCC. The number of hydrogen-bond donors (Lipinski definition) is 1. The fraction of sp³-hybridized carbons (Fsp3) is 0.941. The third kappa shape index (κ3) is 37.6. The Morgan fingerprint density at radius 1 is 0.427 bits per heavy atom. The van der Waals surface area contributed by atoms with Crippen molar-refractivity contribution in [3.63, 3.8) is 0 Å². The van der Waals surface area contributed by atoms with Crippen LogP contribution in [-0.2, 0) is 24.3 Å². The minimum absolute atomic E-state index is 0.00416. The molecule has 2 aliphatic carbocycles. The minimum Gasteiger partial charge on any atom is -0.495 e. The molecule has 0 aromatic rings. The van der Waals surface area contributed by atoms with Crippen LogP contribution < -0.4 is 0 Å². The molecule has 1 fully saturated rings. The van der Waals surface area contributed by atoms with E-state index in [1.807, 2.05) is 0 Å². The number of ether oxygens (including phenoxy) is 3. The molecular formula is C68H130O6S. The van der Waals surface area contributed by atoms with Crippen LogP contribution in [0.2, 0.25) is 0 Å². The fourth-order valence-corrected chi connectivity index (χ4v) is 13.1. The molecule has 6 nitrogen and oxygen atoms in total. The van der Waals surface area contributed by atoms with Crippen molar-refractivity contribution in [3.8, 4) is 0 Å². The molecule has 2 aliphatic rings. The summed E-state index contributed by atoms with van der Waals surface area (Å²) in [6.07, 6.45) is 70.7. The molecule has 0 spiro atoms. The lowest BCUT2D eigenvalue weighted by atomic mass is 9.78. The summed E-state index contributed by atoms with van der Waals surface area (Å²) in [4.78, 5) is -0.00416. The molecule has 0 radical (unpaired) electrons. The highest BCUT2D eigenvalue weighted by Crippen LogP contribution is 2.44. The standard InChI is InChI=1S/C68H130O6S/c1-5-8-11-14-17-20-23-26-29-32-35-38-41-44-47-53-58-72-66-62-65(75(69,70)71)64(61-63-56-51-50-52-57-63)67(73-59-54-48-45-42-39-36-33-30-27-24-21-18-15-12-9-6-2)68(66,4)74-60-55-49-46-43-40-37-34-31-28-25-22-19-16-13-10-7-3/h62-63,67H,5-61H2,1-4H3,(H,69,70,71). The maximum absolute atomic E-state index is 13.4. The normalized spacial score (nSPS) is 17.6. The molecule has 0 aromatic heterocycles. The molecule has 2 atom stereocenters. The van der Waals surface area contributed by atoms with Crippen LogP contribution in [0.5, 0.6) is 0 Å². The van der Waals surface area contributed by atoms with Crippen LogP contribution in [-0.4, -0.2) is 44.5 Å². The lowest BCUT2D eigenvalue weighted by molar-refractivity contribution is -0.129. The van der Waals surface area contributed by atoms with Crippen molar-refractivity contribution in [2.24, 2.45) is 5.92 Å². The highest BCUT2D eigenvalue weighted by Gasteiger charge is 2.49. The van der Waals surface area contributed by atoms with Crippen LogP contribution in [0.3, 0.4) is 0 Å². The molecule has 2 unspecified atom stereocenters. The second kappa shape index (κ2) is 50.1. The van der Waals surface area contributed by atoms with Gasteiger partial charge in [0.15, 0.2) is 5.60 Å². The van der Waals surface area contributed by atoms with Gasteiger partial charge in [0.25, 0.3) is 10.1 Å². The van der Waals surface area contributed by atoms with Gasteiger partial charge in [-0.25, -0.2) is 0 Å². The number of rotatable bonds is 57. The van der Waals surface area contributed by atoms with E-state index in [1.54, 1.807) is 6.08 Å². The fourth-order valence-electron chi connectivity index (χ4n) is 12.3. The van der Waals surface area contributed by atoms with Crippen molar-refractivity contribution in [1.29, 1.82) is 0 Å². The summed E-state index contributed by atoms with van der Waals surface area (Å²) in [5.41, 5.74) is -0.275. The summed E-state index contributed by atoms with van der Waals surface area (Å²) in [6, 6.07) is 0.